The molecule has 0 radical (unpaired) electrons. The van der Waals surface area contributed by atoms with Crippen molar-refractivity contribution in [2.75, 3.05) is 47.1 Å². The third-order valence-corrected chi connectivity index (χ3v) is 3.34. The zero-order chi connectivity index (χ0) is 15.7. The Hall–Kier alpha value is -1.38. The summed E-state index contributed by atoms with van der Waals surface area (Å²) in [7, 11) is 3.15. The van der Waals surface area contributed by atoms with E-state index in [-0.39, 0.29) is 24.8 Å². The fraction of sp³-hybridized carbons (Fsp3) is 0.846. The van der Waals surface area contributed by atoms with Crippen LogP contribution < -0.4 is 5.32 Å². The van der Waals surface area contributed by atoms with Gasteiger partial charge in [-0.1, -0.05) is 0 Å². The summed E-state index contributed by atoms with van der Waals surface area (Å²) in [5.41, 5.74) is 0. The summed E-state index contributed by atoms with van der Waals surface area (Å²) in [4.78, 5) is 24.1. The van der Waals surface area contributed by atoms with Crippen molar-refractivity contribution in [3.63, 3.8) is 0 Å². The molecular formula is C13H24N2O6. The van der Waals surface area contributed by atoms with Crippen molar-refractivity contribution in [2.24, 2.45) is 0 Å². The highest BCUT2D eigenvalue weighted by atomic mass is 16.5. The minimum absolute atomic E-state index is 0.0923. The lowest BCUT2D eigenvalue weighted by Crippen LogP contribution is -2.48. The lowest BCUT2D eigenvalue weighted by Gasteiger charge is -2.32. The van der Waals surface area contributed by atoms with Crippen LogP contribution in [-0.2, 0) is 19.0 Å². The molecule has 0 saturated carbocycles. The molecule has 2 amide bonds. The minimum Gasteiger partial charge on any atom is -0.480 e. The summed E-state index contributed by atoms with van der Waals surface area (Å²) in [5, 5.41) is 11.4. The maximum absolute atomic E-state index is 12.0. The molecule has 0 aromatic rings. The van der Waals surface area contributed by atoms with Gasteiger partial charge in [0.1, 0.15) is 6.61 Å². The number of ether oxygens (including phenoxy) is 3. The highest BCUT2D eigenvalue weighted by Gasteiger charge is 2.24. The number of likely N-dealkylation sites (tertiary alicyclic amines) is 1. The van der Waals surface area contributed by atoms with Gasteiger partial charge in [0.15, 0.2) is 0 Å². The summed E-state index contributed by atoms with van der Waals surface area (Å²) >= 11 is 0. The molecule has 1 atom stereocenters. The van der Waals surface area contributed by atoms with E-state index in [0.717, 1.165) is 0 Å². The van der Waals surface area contributed by atoms with Gasteiger partial charge in [0.05, 0.1) is 18.8 Å². The number of amides is 2. The summed E-state index contributed by atoms with van der Waals surface area (Å²) in [6.07, 6.45) is 1.03. The molecule has 0 aromatic carbocycles. The average Bonchev–Trinajstić information content (AvgIpc) is 2.49. The number of carboxylic acids is 1. The van der Waals surface area contributed by atoms with Gasteiger partial charge in [-0.15, -0.1) is 0 Å². The number of urea groups is 1. The molecule has 1 aliphatic heterocycles. The molecule has 122 valence electrons. The number of nitrogens with zero attached hydrogens (tertiary/aromatic N) is 1. The van der Waals surface area contributed by atoms with Gasteiger partial charge < -0.3 is 29.5 Å². The van der Waals surface area contributed by atoms with Crippen LogP contribution in [0.1, 0.15) is 12.8 Å². The van der Waals surface area contributed by atoms with Gasteiger partial charge in [-0.25, -0.2) is 9.59 Å². The van der Waals surface area contributed by atoms with Crippen LogP contribution in [0.4, 0.5) is 4.79 Å². The van der Waals surface area contributed by atoms with Crippen LogP contribution in [0.25, 0.3) is 0 Å². The minimum atomic E-state index is -0.973. The second-order valence-electron chi connectivity index (χ2n) is 4.89. The molecule has 0 bridgehead atoms. The van der Waals surface area contributed by atoms with Crippen LogP contribution in [0.3, 0.4) is 0 Å². The van der Waals surface area contributed by atoms with Gasteiger partial charge in [0.25, 0.3) is 0 Å². The monoisotopic (exact) mass is 304 g/mol. The van der Waals surface area contributed by atoms with E-state index in [0.29, 0.717) is 39.1 Å². The van der Waals surface area contributed by atoms with E-state index in [1.165, 1.54) is 0 Å². The predicted molar refractivity (Wildman–Crippen MR) is 74.3 cm³/mol. The van der Waals surface area contributed by atoms with Gasteiger partial charge in [0, 0.05) is 33.9 Å². The molecule has 1 aliphatic rings. The first-order valence-corrected chi connectivity index (χ1v) is 6.94. The van der Waals surface area contributed by atoms with E-state index in [2.05, 4.69) is 5.32 Å². The van der Waals surface area contributed by atoms with Crippen molar-refractivity contribution in [1.29, 1.82) is 0 Å². The Morgan fingerprint density at radius 1 is 1.33 bits per heavy atom. The maximum atomic E-state index is 12.0. The highest BCUT2D eigenvalue weighted by Crippen LogP contribution is 2.13. The maximum Gasteiger partial charge on any atom is 0.329 e. The summed E-state index contributed by atoms with van der Waals surface area (Å²) < 4.78 is 15.4. The smallest absolute Gasteiger partial charge is 0.329 e. The third kappa shape index (κ3) is 6.74. The van der Waals surface area contributed by atoms with Gasteiger partial charge in [-0.2, -0.15) is 0 Å². The Bertz CT molecular complexity index is 331. The zero-order valence-corrected chi connectivity index (χ0v) is 12.5. The molecule has 1 heterocycles. The topological polar surface area (TPSA) is 97.3 Å². The molecule has 1 rings (SSSR count). The first-order valence-electron chi connectivity index (χ1n) is 6.94. The molecule has 0 aromatic heterocycles. The number of nitrogens with one attached hydrogen (secondary N) is 1. The first kappa shape index (κ1) is 17.7. The standard InChI is InChI=1S/C13H24N2O6/c1-19-8-11(20-2)7-14-13(18)15-5-3-10(4-6-15)21-9-12(16)17/h10-11H,3-9H2,1-2H3,(H,14,18)(H,16,17). The summed E-state index contributed by atoms with van der Waals surface area (Å²) in [6, 6.07) is -0.148. The Morgan fingerprint density at radius 3 is 2.52 bits per heavy atom. The second kappa shape index (κ2) is 9.54. The third-order valence-electron chi connectivity index (χ3n) is 3.34. The number of aliphatic carboxylic acids is 1. The molecule has 21 heavy (non-hydrogen) atoms. The number of hydrogen-bond acceptors (Lipinski definition) is 5. The van der Waals surface area contributed by atoms with Gasteiger partial charge in [0.2, 0.25) is 0 Å². The van der Waals surface area contributed by atoms with Crippen molar-refractivity contribution in [3.05, 3.63) is 0 Å². The van der Waals surface area contributed by atoms with E-state index in [4.69, 9.17) is 19.3 Å². The number of carboxylic acid groups (broad SMARTS) is 1. The molecule has 2 N–H and O–H groups in total. The summed E-state index contributed by atoms with van der Waals surface area (Å²) in [6.45, 7) is 1.62. The van der Waals surface area contributed by atoms with E-state index in [1.807, 2.05) is 0 Å². The first-order chi connectivity index (χ1) is 10.1. The molecular weight excluding hydrogens is 280 g/mol. The Morgan fingerprint density at radius 2 is 2.00 bits per heavy atom. The molecule has 8 nitrogen and oxygen atoms in total. The van der Waals surface area contributed by atoms with Gasteiger partial charge in [-0.3, -0.25) is 0 Å². The van der Waals surface area contributed by atoms with Crippen molar-refractivity contribution in [1.82, 2.24) is 10.2 Å². The molecule has 8 heteroatoms. The van der Waals surface area contributed by atoms with Crippen LogP contribution in [0, 0.1) is 0 Å². The lowest BCUT2D eigenvalue weighted by molar-refractivity contribution is -0.145. The van der Waals surface area contributed by atoms with E-state index >= 15 is 0 Å². The number of rotatable bonds is 8. The van der Waals surface area contributed by atoms with Crippen LogP contribution in [0.15, 0.2) is 0 Å². The largest absolute Gasteiger partial charge is 0.480 e. The Labute approximate surface area is 124 Å². The highest BCUT2D eigenvalue weighted by molar-refractivity contribution is 5.74. The van der Waals surface area contributed by atoms with Crippen LogP contribution in [0.5, 0.6) is 0 Å². The number of piperidine rings is 1. The Balaban J connectivity index is 2.23. The van der Waals surface area contributed by atoms with E-state index in [1.54, 1.807) is 19.1 Å². The lowest BCUT2D eigenvalue weighted by atomic mass is 10.1. The quantitative estimate of drug-likeness (QED) is 0.651. The number of carbonyl (C=O) groups excluding carboxylic acids is 1. The molecule has 0 aliphatic carbocycles. The fourth-order valence-corrected chi connectivity index (χ4v) is 2.12. The average molecular weight is 304 g/mol. The number of methoxy groups -OCH3 is 2. The SMILES string of the molecule is COCC(CNC(=O)N1CCC(OCC(=O)O)CC1)OC. The van der Waals surface area contributed by atoms with Crippen molar-refractivity contribution >= 4 is 12.0 Å². The Kier molecular flexibility index (Phi) is 8.03. The van der Waals surface area contributed by atoms with Crippen LogP contribution in [0.2, 0.25) is 0 Å². The summed E-state index contributed by atoms with van der Waals surface area (Å²) in [5.74, 6) is -0.973. The zero-order valence-electron chi connectivity index (χ0n) is 12.5. The fourth-order valence-electron chi connectivity index (χ4n) is 2.12. The predicted octanol–water partition coefficient (Wildman–Crippen LogP) is -0.0770. The van der Waals surface area contributed by atoms with Crippen LogP contribution in [-0.4, -0.2) is 81.3 Å². The van der Waals surface area contributed by atoms with Crippen LogP contribution >= 0.6 is 0 Å². The molecule has 1 fully saturated rings. The molecule has 1 saturated heterocycles. The molecule has 1 unspecified atom stereocenters. The number of hydrogen-bond donors (Lipinski definition) is 2. The van der Waals surface area contributed by atoms with E-state index in [9.17, 15) is 9.59 Å². The molecule has 0 spiro atoms. The second-order valence-corrected chi connectivity index (χ2v) is 4.89. The number of carbonyl (C=O) groups is 2. The normalized spacial score (nSPS) is 17.5. The van der Waals surface area contributed by atoms with Crippen molar-refractivity contribution in [2.45, 2.75) is 25.0 Å². The van der Waals surface area contributed by atoms with Gasteiger partial charge in [-0.05, 0) is 12.8 Å². The van der Waals surface area contributed by atoms with Gasteiger partial charge >= 0.3 is 12.0 Å². The van der Waals surface area contributed by atoms with Crippen molar-refractivity contribution in [3.8, 4) is 0 Å². The van der Waals surface area contributed by atoms with E-state index < -0.39 is 5.97 Å². The van der Waals surface area contributed by atoms with Crippen molar-refractivity contribution < 1.29 is 28.9 Å².